The Morgan fingerprint density at radius 1 is 1.26 bits per heavy atom. The van der Waals surface area contributed by atoms with Gasteiger partial charge in [-0.1, -0.05) is 12.1 Å². The molecule has 2 heterocycles. The molecule has 5 heteroatoms. The molecule has 0 bridgehead atoms. The molecule has 2 aliphatic heterocycles. The van der Waals surface area contributed by atoms with Gasteiger partial charge in [-0.05, 0) is 43.4 Å². The molecule has 2 aliphatic rings. The molecule has 1 aromatic rings. The molecule has 2 saturated heterocycles. The Morgan fingerprint density at radius 2 is 2.04 bits per heavy atom. The molecule has 1 unspecified atom stereocenters. The first-order chi connectivity index (χ1) is 11.1. The van der Waals surface area contributed by atoms with E-state index in [1.807, 2.05) is 24.8 Å². The Bertz CT molecular complexity index is 555. The normalized spacial score (nSPS) is 22.3. The Kier molecular flexibility index (Phi) is 5.18. The van der Waals surface area contributed by atoms with Gasteiger partial charge < -0.3 is 15.0 Å². The summed E-state index contributed by atoms with van der Waals surface area (Å²) in [6.07, 6.45) is 1.09. The lowest BCUT2D eigenvalue weighted by Gasteiger charge is -2.29. The number of morpholine rings is 1. The van der Waals surface area contributed by atoms with Crippen LogP contribution in [0.3, 0.4) is 0 Å². The van der Waals surface area contributed by atoms with Crippen LogP contribution < -0.4 is 5.32 Å². The van der Waals surface area contributed by atoms with E-state index in [2.05, 4.69) is 22.3 Å². The lowest BCUT2D eigenvalue weighted by molar-refractivity contribution is 0.0314. The summed E-state index contributed by atoms with van der Waals surface area (Å²) in [4.78, 5) is 16.9. The highest BCUT2D eigenvalue weighted by molar-refractivity contribution is 5.90. The predicted molar refractivity (Wildman–Crippen MR) is 91.9 cm³/mol. The number of carbonyl (C=O) groups excluding carboxylic acids is 1. The second-order valence-electron chi connectivity index (χ2n) is 6.76. The average molecular weight is 317 g/mol. The van der Waals surface area contributed by atoms with Gasteiger partial charge in [0.25, 0.3) is 0 Å². The Hall–Kier alpha value is -1.59. The van der Waals surface area contributed by atoms with E-state index in [1.165, 1.54) is 0 Å². The molecule has 1 aromatic carbocycles. The molecule has 0 aliphatic carbocycles. The third-order valence-electron chi connectivity index (χ3n) is 4.83. The molecular formula is C18H27N3O2. The van der Waals surface area contributed by atoms with Crippen molar-refractivity contribution in [3.05, 3.63) is 29.3 Å². The van der Waals surface area contributed by atoms with Crippen LogP contribution in [-0.4, -0.2) is 61.8 Å². The molecule has 1 atom stereocenters. The molecule has 3 rings (SSSR count). The summed E-state index contributed by atoms with van der Waals surface area (Å²) in [6.45, 7) is 10.6. The van der Waals surface area contributed by atoms with E-state index < -0.39 is 0 Å². The minimum Gasteiger partial charge on any atom is -0.379 e. The van der Waals surface area contributed by atoms with Gasteiger partial charge in [-0.25, -0.2) is 4.79 Å². The van der Waals surface area contributed by atoms with Gasteiger partial charge in [0.05, 0.1) is 13.2 Å². The number of carbonyl (C=O) groups is 1. The van der Waals surface area contributed by atoms with E-state index in [0.717, 1.165) is 69.2 Å². The highest BCUT2D eigenvalue weighted by Gasteiger charge is 2.28. The molecular weight excluding hydrogens is 290 g/mol. The number of nitrogens with one attached hydrogen (secondary N) is 1. The first kappa shape index (κ1) is 16.3. The SMILES string of the molecule is Cc1ccc(C)c(NC(=O)N2CCC(CN3CCOCC3)C2)c1. The second-order valence-corrected chi connectivity index (χ2v) is 6.76. The van der Waals surface area contributed by atoms with Crippen LogP contribution in [-0.2, 0) is 4.74 Å². The Balaban J connectivity index is 1.51. The van der Waals surface area contributed by atoms with Crippen molar-refractivity contribution < 1.29 is 9.53 Å². The smallest absolute Gasteiger partial charge is 0.321 e. The molecule has 126 valence electrons. The predicted octanol–water partition coefficient (Wildman–Crippen LogP) is 2.49. The number of rotatable bonds is 3. The summed E-state index contributed by atoms with van der Waals surface area (Å²) in [6, 6.07) is 6.19. The van der Waals surface area contributed by atoms with Crippen LogP contribution in [0.4, 0.5) is 10.5 Å². The van der Waals surface area contributed by atoms with Crippen molar-refractivity contribution in [3.8, 4) is 0 Å². The molecule has 0 aromatic heterocycles. The third-order valence-corrected chi connectivity index (χ3v) is 4.83. The minimum absolute atomic E-state index is 0.0307. The number of hydrogen-bond acceptors (Lipinski definition) is 3. The summed E-state index contributed by atoms with van der Waals surface area (Å²) in [7, 11) is 0. The Labute approximate surface area is 138 Å². The van der Waals surface area contributed by atoms with Gasteiger partial charge in [-0.3, -0.25) is 4.90 Å². The largest absolute Gasteiger partial charge is 0.379 e. The van der Waals surface area contributed by atoms with Crippen LogP contribution in [0.15, 0.2) is 18.2 Å². The third kappa shape index (κ3) is 4.24. The van der Waals surface area contributed by atoms with Crippen molar-refractivity contribution in [1.82, 2.24) is 9.80 Å². The van der Waals surface area contributed by atoms with Crippen LogP contribution >= 0.6 is 0 Å². The summed E-state index contributed by atoms with van der Waals surface area (Å²) >= 11 is 0. The minimum atomic E-state index is 0.0307. The zero-order chi connectivity index (χ0) is 16.2. The number of ether oxygens (including phenoxy) is 1. The molecule has 2 fully saturated rings. The van der Waals surface area contributed by atoms with E-state index in [-0.39, 0.29) is 6.03 Å². The van der Waals surface area contributed by atoms with Crippen LogP contribution in [0.5, 0.6) is 0 Å². The van der Waals surface area contributed by atoms with Gasteiger partial charge in [-0.2, -0.15) is 0 Å². The maximum atomic E-state index is 12.5. The summed E-state index contributed by atoms with van der Waals surface area (Å²) in [5.41, 5.74) is 3.19. The molecule has 23 heavy (non-hydrogen) atoms. The molecule has 0 spiro atoms. The lowest BCUT2D eigenvalue weighted by Crippen LogP contribution is -2.40. The first-order valence-corrected chi connectivity index (χ1v) is 8.55. The summed E-state index contributed by atoms with van der Waals surface area (Å²) < 4.78 is 5.39. The molecule has 0 saturated carbocycles. The number of urea groups is 1. The maximum Gasteiger partial charge on any atom is 0.321 e. The van der Waals surface area contributed by atoms with Gasteiger partial charge in [0.2, 0.25) is 0 Å². The fraction of sp³-hybridized carbons (Fsp3) is 0.611. The number of amides is 2. The summed E-state index contributed by atoms with van der Waals surface area (Å²) in [5.74, 6) is 0.581. The molecule has 5 nitrogen and oxygen atoms in total. The summed E-state index contributed by atoms with van der Waals surface area (Å²) in [5, 5.41) is 3.07. The van der Waals surface area contributed by atoms with Gasteiger partial charge in [-0.15, -0.1) is 0 Å². The second kappa shape index (κ2) is 7.32. The van der Waals surface area contributed by atoms with E-state index in [9.17, 15) is 4.79 Å². The van der Waals surface area contributed by atoms with Crippen molar-refractivity contribution >= 4 is 11.7 Å². The van der Waals surface area contributed by atoms with Crippen molar-refractivity contribution in [2.45, 2.75) is 20.3 Å². The highest BCUT2D eigenvalue weighted by Crippen LogP contribution is 2.21. The standard InChI is InChI=1S/C18H27N3O2/c1-14-3-4-15(2)17(11-14)19-18(22)21-6-5-16(13-21)12-20-7-9-23-10-8-20/h3-4,11,16H,5-10,12-13H2,1-2H3,(H,19,22). The topological polar surface area (TPSA) is 44.8 Å². The number of hydrogen-bond donors (Lipinski definition) is 1. The fourth-order valence-electron chi connectivity index (χ4n) is 3.38. The lowest BCUT2D eigenvalue weighted by atomic mass is 10.1. The van der Waals surface area contributed by atoms with Gasteiger partial charge >= 0.3 is 6.03 Å². The van der Waals surface area contributed by atoms with Crippen molar-refractivity contribution in [2.24, 2.45) is 5.92 Å². The van der Waals surface area contributed by atoms with Gasteiger partial charge in [0.15, 0.2) is 0 Å². The number of nitrogens with zero attached hydrogens (tertiary/aromatic N) is 2. The quantitative estimate of drug-likeness (QED) is 0.931. The van der Waals surface area contributed by atoms with E-state index >= 15 is 0 Å². The maximum absolute atomic E-state index is 12.5. The van der Waals surface area contributed by atoms with E-state index in [1.54, 1.807) is 0 Å². The molecule has 2 amide bonds. The van der Waals surface area contributed by atoms with Crippen LogP contribution in [0.1, 0.15) is 17.5 Å². The monoisotopic (exact) mass is 317 g/mol. The highest BCUT2D eigenvalue weighted by atomic mass is 16.5. The van der Waals surface area contributed by atoms with Crippen LogP contribution in [0.2, 0.25) is 0 Å². The van der Waals surface area contributed by atoms with E-state index in [4.69, 9.17) is 4.74 Å². The fourth-order valence-corrected chi connectivity index (χ4v) is 3.38. The first-order valence-electron chi connectivity index (χ1n) is 8.55. The number of anilines is 1. The van der Waals surface area contributed by atoms with Crippen molar-refractivity contribution in [2.75, 3.05) is 51.3 Å². The number of likely N-dealkylation sites (tertiary alicyclic amines) is 1. The van der Waals surface area contributed by atoms with Crippen LogP contribution in [0.25, 0.3) is 0 Å². The molecule has 0 radical (unpaired) electrons. The van der Waals surface area contributed by atoms with Gasteiger partial charge in [0.1, 0.15) is 0 Å². The van der Waals surface area contributed by atoms with Gasteiger partial charge in [0, 0.05) is 38.4 Å². The number of benzene rings is 1. The average Bonchev–Trinajstić information content (AvgIpc) is 3.00. The zero-order valence-electron chi connectivity index (χ0n) is 14.2. The molecule has 1 N–H and O–H groups in total. The van der Waals surface area contributed by atoms with Crippen LogP contribution in [0, 0.1) is 19.8 Å². The Morgan fingerprint density at radius 3 is 2.83 bits per heavy atom. The van der Waals surface area contributed by atoms with Crippen molar-refractivity contribution in [3.63, 3.8) is 0 Å². The zero-order valence-corrected chi connectivity index (χ0v) is 14.2. The van der Waals surface area contributed by atoms with Crippen molar-refractivity contribution in [1.29, 1.82) is 0 Å². The van der Waals surface area contributed by atoms with E-state index in [0.29, 0.717) is 5.92 Å². The number of aryl methyl sites for hydroxylation is 2.